The molecule has 7 nitrogen and oxygen atoms in total. The highest BCUT2D eigenvalue weighted by atomic mass is 16.6. The Morgan fingerprint density at radius 2 is 1.88 bits per heavy atom. The lowest BCUT2D eigenvalue weighted by Gasteiger charge is -2.19. The third-order valence-corrected chi connectivity index (χ3v) is 3.05. The Labute approximate surface area is 146 Å². The van der Waals surface area contributed by atoms with E-state index in [-0.39, 0.29) is 6.61 Å². The van der Waals surface area contributed by atoms with Crippen LogP contribution in [0.15, 0.2) is 34.9 Å². The smallest absolute Gasteiger partial charge is 0.407 e. The predicted octanol–water partition coefficient (Wildman–Crippen LogP) is 3.36. The Hall–Kier alpha value is -2.83. The lowest BCUT2D eigenvalue weighted by Crippen LogP contribution is -2.32. The van der Waals surface area contributed by atoms with Crippen LogP contribution in [-0.2, 0) is 22.6 Å². The van der Waals surface area contributed by atoms with Gasteiger partial charge in [0.15, 0.2) is 0 Å². The van der Waals surface area contributed by atoms with Gasteiger partial charge >= 0.3 is 12.1 Å². The fraction of sp³-hybridized carbons (Fsp3) is 0.389. The lowest BCUT2D eigenvalue weighted by atomic mass is 10.1. The number of rotatable bonds is 5. The van der Waals surface area contributed by atoms with E-state index >= 15 is 0 Å². The van der Waals surface area contributed by atoms with E-state index in [0.29, 0.717) is 23.6 Å². The second-order valence-electron chi connectivity index (χ2n) is 6.56. The Morgan fingerprint density at radius 3 is 2.44 bits per heavy atom. The highest BCUT2D eigenvalue weighted by molar-refractivity contribution is 5.89. The zero-order valence-corrected chi connectivity index (χ0v) is 14.8. The molecule has 25 heavy (non-hydrogen) atoms. The number of aryl methyl sites for hydroxylation is 1. The molecule has 1 amide bonds. The molecule has 1 aromatic carbocycles. The van der Waals surface area contributed by atoms with Gasteiger partial charge in [-0.15, -0.1) is 0 Å². The molecule has 7 heteroatoms. The van der Waals surface area contributed by atoms with Gasteiger partial charge in [0.2, 0.25) is 0 Å². The van der Waals surface area contributed by atoms with Gasteiger partial charge in [-0.05, 0) is 45.4 Å². The van der Waals surface area contributed by atoms with Crippen LogP contribution in [0, 0.1) is 6.92 Å². The maximum atomic E-state index is 12.0. The summed E-state index contributed by atoms with van der Waals surface area (Å²) in [6, 6.07) is 8.48. The first-order chi connectivity index (χ1) is 11.7. The van der Waals surface area contributed by atoms with Crippen LogP contribution < -0.4 is 5.32 Å². The third-order valence-electron chi connectivity index (χ3n) is 3.05. The Balaban J connectivity index is 1.82. The van der Waals surface area contributed by atoms with Crippen molar-refractivity contribution in [3.63, 3.8) is 0 Å². The molecule has 0 unspecified atom stereocenters. The number of benzene rings is 1. The fourth-order valence-corrected chi connectivity index (χ4v) is 1.96. The minimum atomic E-state index is -0.542. The first kappa shape index (κ1) is 18.5. The number of carbonyl (C=O) groups is 2. The molecule has 2 aromatic rings. The number of ether oxygens (including phenoxy) is 2. The molecule has 0 saturated carbocycles. The highest BCUT2D eigenvalue weighted by Gasteiger charge is 2.15. The minimum Gasteiger partial charge on any atom is -0.455 e. The van der Waals surface area contributed by atoms with Crippen LogP contribution in [0.1, 0.15) is 48.1 Å². The van der Waals surface area contributed by atoms with Gasteiger partial charge in [-0.3, -0.25) is 0 Å². The number of aromatic nitrogens is 1. The zero-order valence-electron chi connectivity index (χ0n) is 14.8. The zero-order chi connectivity index (χ0) is 18.4. The molecule has 1 aromatic heterocycles. The summed E-state index contributed by atoms with van der Waals surface area (Å²) in [5.74, 6) is 0.209. The molecule has 0 spiro atoms. The number of alkyl carbamates (subject to hydrolysis) is 1. The molecule has 0 bridgehead atoms. The van der Waals surface area contributed by atoms with Gasteiger partial charge in [0.1, 0.15) is 23.7 Å². The normalized spacial score (nSPS) is 11.0. The number of esters is 1. The third kappa shape index (κ3) is 6.29. The van der Waals surface area contributed by atoms with Gasteiger partial charge in [-0.1, -0.05) is 17.3 Å². The maximum Gasteiger partial charge on any atom is 0.407 e. The first-order valence-electron chi connectivity index (χ1n) is 7.88. The van der Waals surface area contributed by atoms with Crippen molar-refractivity contribution in [3.8, 4) is 0 Å². The largest absolute Gasteiger partial charge is 0.455 e. The van der Waals surface area contributed by atoms with Gasteiger partial charge in [0, 0.05) is 12.6 Å². The molecule has 0 saturated heterocycles. The van der Waals surface area contributed by atoms with Gasteiger partial charge in [0.05, 0.1) is 5.56 Å². The quantitative estimate of drug-likeness (QED) is 0.835. The molecule has 2 rings (SSSR count). The maximum absolute atomic E-state index is 12.0. The van der Waals surface area contributed by atoms with Crippen LogP contribution in [0.25, 0.3) is 0 Å². The second-order valence-corrected chi connectivity index (χ2v) is 6.56. The number of carbonyl (C=O) groups excluding carboxylic acids is 2. The molecule has 1 N–H and O–H groups in total. The van der Waals surface area contributed by atoms with Gasteiger partial charge in [-0.2, -0.15) is 0 Å². The van der Waals surface area contributed by atoms with Crippen molar-refractivity contribution >= 4 is 12.1 Å². The van der Waals surface area contributed by atoms with Crippen LogP contribution in [0.4, 0.5) is 4.79 Å². The highest BCUT2D eigenvalue weighted by Crippen LogP contribution is 2.10. The molecule has 0 atom stereocenters. The molecule has 0 aliphatic rings. The van der Waals surface area contributed by atoms with Gasteiger partial charge in [-0.25, -0.2) is 9.59 Å². The summed E-state index contributed by atoms with van der Waals surface area (Å²) < 4.78 is 15.2. The molecule has 0 radical (unpaired) electrons. The van der Waals surface area contributed by atoms with Crippen molar-refractivity contribution in [2.24, 2.45) is 0 Å². The van der Waals surface area contributed by atoms with Crippen molar-refractivity contribution in [3.05, 3.63) is 52.9 Å². The van der Waals surface area contributed by atoms with E-state index in [0.717, 1.165) is 5.56 Å². The summed E-state index contributed by atoms with van der Waals surface area (Å²) >= 11 is 0. The SMILES string of the molecule is Cc1cc(COC(=O)c2ccc(CNC(=O)OC(C)(C)C)cc2)no1. The molecule has 0 aliphatic heterocycles. The van der Waals surface area contributed by atoms with Gasteiger partial charge in [0.25, 0.3) is 0 Å². The molecule has 134 valence electrons. The standard InChI is InChI=1S/C18H22N2O5/c1-12-9-15(20-25-12)11-23-16(21)14-7-5-13(6-8-14)10-19-17(22)24-18(2,3)4/h5-9H,10-11H2,1-4H3,(H,19,22). The molecule has 0 fully saturated rings. The Bertz CT molecular complexity index is 729. The first-order valence-corrected chi connectivity index (χ1v) is 7.88. The summed E-state index contributed by atoms with van der Waals surface area (Å²) in [4.78, 5) is 23.6. The molecular weight excluding hydrogens is 324 g/mol. The summed E-state index contributed by atoms with van der Waals surface area (Å²) in [5, 5.41) is 6.41. The molecular formula is C18H22N2O5. The van der Waals surface area contributed by atoms with Crippen molar-refractivity contribution in [1.82, 2.24) is 10.5 Å². The van der Waals surface area contributed by atoms with Crippen molar-refractivity contribution in [2.45, 2.75) is 46.4 Å². The van der Waals surface area contributed by atoms with Crippen molar-refractivity contribution in [1.29, 1.82) is 0 Å². The Kier molecular flexibility index (Phi) is 5.80. The van der Waals surface area contributed by atoms with E-state index in [4.69, 9.17) is 14.0 Å². The molecule has 0 aliphatic carbocycles. The average molecular weight is 346 g/mol. The summed E-state index contributed by atoms with van der Waals surface area (Å²) in [6.07, 6.45) is -0.487. The lowest BCUT2D eigenvalue weighted by molar-refractivity contribution is 0.0462. The second kappa shape index (κ2) is 7.83. The minimum absolute atomic E-state index is 0.0537. The summed E-state index contributed by atoms with van der Waals surface area (Å²) in [5.41, 5.74) is 1.28. The number of hydrogen-bond donors (Lipinski definition) is 1. The van der Waals surface area contributed by atoms with Gasteiger partial charge < -0.3 is 19.3 Å². The number of hydrogen-bond acceptors (Lipinski definition) is 6. The van der Waals surface area contributed by atoms with E-state index < -0.39 is 17.7 Å². The van der Waals surface area contributed by atoms with Crippen LogP contribution in [-0.4, -0.2) is 22.8 Å². The summed E-state index contributed by atoms with van der Waals surface area (Å²) in [6.45, 7) is 7.52. The Morgan fingerprint density at radius 1 is 1.20 bits per heavy atom. The summed E-state index contributed by atoms with van der Waals surface area (Å²) in [7, 11) is 0. The average Bonchev–Trinajstić information content (AvgIpc) is 2.95. The van der Waals surface area contributed by atoms with E-state index in [9.17, 15) is 9.59 Å². The predicted molar refractivity (Wildman–Crippen MR) is 89.9 cm³/mol. The van der Waals surface area contributed by atoms with Crippen LogP contribution in [0.2, 0.25) is 0 Å². The van der Waals surface area contributed by atoms with Crippen LogP contribution in [0.5, 0.6) is 0 Å². The van der Waals surface area contributed by atoms with E-state index in [1.807, 2.05) is 0 Å². The van der Waals surface area contributed by atoms with E-state index in [1.54, 1.807) is 58.0 Å². The fourth-order valence-electron chi connectivity index (χ4n) is 1.96. The monoisotopic (exact) mass is 346 g/mol. The van der Waals surface area contributed by atoms with E-state index in [1.165, 1.54) is 0 Å². The molecule has 1 heterocycles. The van der Waals surface area contributed by atoms with Crippen molar-refractivity contribution < 1.29 is 23.6 Å². The van der Waals surface area contributed by atoms with Crippen LogP contribution >= 0.6 is 0 Å². The number of nitrogens with one attached hydrogen (secondary N) is 1. The van der Waals surface area contributed by atoms with E-state index in [2.05, 4.69) is 10.5 Å². The number of amides is 1. The van der Waals surface area contributed by atoms with Crippen molar-refractivity contribution in [2.75, 3.05) is 0 Å². The topological polar surface area (TPSA) is 90.7 Å². The van der Waals surface area contributed by atoms with Crippen LogP contribution in [0.3, 0.4) is 0 Å². The number of nitrogens with zero attached hydrogens (tertiary/aromatic N) is 1.